The molecule has 0 radical (unpaired) electrons. The van der Waals surface area contributed by atoms with Gasteiger partial charge in [0.15, 0.2) is 0 Å². The summed E-state index contributed by atoms with van der Waals surface area (Å²) < 4.78 is 27.9. The van der Waals surface area contributed by atoms with Crippen LogP contribution in [0.2, 0.25) is 0 Å². The molecule has 2 N–H and O–H groups in total. The average Bonchev–Trinajstić information content (AvgIpc) is 2.42. The maximum atomic E-state index is 12.6. The van der Waals surface area contributed by atoms with Crippen molar-refractivity contribution in [2.75, 3.05) is 6.61 Å². The van der Waals surface area contributed by atoms with E-state index < -0.39 is 15.6 Å². The number of sulfonamides is 1. The van der Waals surface area contributed by atoms with E-state index in [1.165, 1.54) is 0 Å². The van der Waals surface area contributed by atoms with E-state index >= 15 is 0 Å². The first-order valence-corrected chi connectivity index (χ1v) is 8.44. The van der Waals surface area contributed by atoms with Crippen LogP contribution in [0.25, 0.3) is 10.9 Å². The van der Waals surface area contributed by atoms with Crippen LogP contribution in [0.1, 0.15) is 24.8 Å². The smallest absolute Gasteiger partial charge is 0.243 e. The highest BCUT2D eigenvalue weighted by Crippen LogP contribution is 2.33. The van der Waals surface area contributed by atoms with Crippen LogP contribution in [0.3, 0.4) is 0 Å². The zero-order valence-corrected chi connectivity index (χ0v) is 12.7. The minimum atomic E-state index is -3.70. The molecule has 0 aliphatic heterocycles. The number of rotatable bonds is 4. The highest BCUT2D eigenvalue weighted by atomic mass is 32.2. The molecule has 1 aliphatic carbocycles. The summed E-state index contributed by atoms with van der Waals surface area (Å²) in [5, 5.41) is 10.2. The molecule has 2 aromatic rings. The summed E-state index contributed by atoms with van der Waals surface area (Å²) in [5.41, 5.74) is 0.741. The Bertz CT molecular complexity index is 777. The molecule has 1 saturated carbocycles. The quantitative estimate of drug-likeness (QED) is 0.901. The van der Waals surface area contributed by atoms with E-state index in [4.69, 9.17) is 0 Å². The van der Waals surface area contributed by atoms with Gasteiger partial charge in [-0.3, -0.25) is 4.98 Å². The first kappa shape index (κ1) is 14.4. The molecule has 1 aromatic heterocycles. The zero-order chi connectivity index (χ0) is 15.1. The topological polar surface area (TPSA) is 79.3 Å². The van der Waals surface area contributed by atoms with E-state index in [9.17, 15) is 13.5 Å². The maximum Gasteiger partial charge on any atom is 0.243 e. The largest absolute Gasteiger partial charge is 0.394 e. The maximum absolute atomic E-state index is 12.6. The summed E-state index contributed by atoms with van der Waals surface area (Å²) in [7, 11) is -3.70. The molecule has 1 aliphatic rings. The molecule has 112 valence electrons. The predicted molar refractivity (Wildman–Crippen MR) is 80.5 cm³/mol. The van der Waals surface area contributed by atoms with Gasteiger partial charge in [-0.25, -0.2) is 13.1 Å². The Labute approximate surface area is 124 Å². The Morgan fingerprint density at radius 1 is 1.38 bits per heavy atom. The van der Waals surface area contributed by atoms with Crippen molar-refractivity contribution in [3.8, 4) is 0 Å². The Balaban J connectivity index is 2.07. The van der Waals surface area contributed by atoms with Crippen molar-refractivity contribution in [3.63, 3.8) is 0 Å². The van der Waals surface area contributed by atoms with Gasteiger partial charge in [0, 0.05) is 11.6 Å². The third kappa shape index (κ3) is 2.54. The number of aromatic nitrogens is 1. The summed E-state index contributed by atoms with van der Waals surface area (Å²) in [4.78, 5) is 4.43. The summed E-state index contributed by atoms with van der Waals surface area (Å²) in [6.45, 7) is 1.74. The number of hydrogen-bond donors (Lipinski definition) is 2. The molecule has 3 rings (SSSR count). The minimum absolute atomic E-state index is 0.166. The monoisotopic (exact) mass is 306 g/mol. The number of nitrogens with zero attached hydrogens (tertiary/aromatic N) is 1. The number of aliphatic hydroxyl groups excluding tert-OH is 1. The lowest BCUT2D eigenvalue weighted by Crippen LogP contribution is -2.55. The van der Waals surface area contributed by atoms with Crippen molar-refractivity contribution in [2.45, 2.75) is 36.6 Å². The van der Waals surface area contributed by atoms with E-state index in [1.807, 2.05) is 19.1 Å². The fraction of sp³-hybridized carbons (Fsp3) is 0.400. The molecule has 0 bridgehead atoms. The molecule has 5 nitrogen and oxygen atoms in total. The minimum Gasteiger partial charge on any atom is -0.394 e. The van der Waals surface area contributed by atoms with Crippen LogP contribution < -0.4 is 4.72 Å². The first-order valence-electron chi connectivity index (χ1n) is 6.96. The summed E-state index contributed by atoms with van der Waals surface area (Å²) in [6, 6.07) is 7.02. The van der Waals surface area contributed by atoms with Crippen molar-refractivity contribution >= 4 is 20.9 Å². The molecule has 1 heterocycles. The Morgan fingerprint density at radius 3 is 2.76 bits per heavy atom. The number of fused-ring (bicyclic) bond motifs is 1. The molecular formula is C15H18N2O3S. The number of benzene rings is 1. The fourth-order valence-electron chi connectivity index (χ4n) is 2.70. The molecular weight excluding hydrogens is 288 g/mol. The van der Waals surface area contributed by atoms with Gasteiger partial charge < -0.3 is 5.11 Å². The molecule has 0 amide bonds. The van der Waals surface area contributed by atoms with Crippen LogP contribution >= 0.6 is 0 Å². The molecule has 21 heavy (non-hydrogen) atoms. The molecule has 0 spiro atoms. The SMILES string of the molecule is Cc1cnc2c(S(=O)(=O)NC3(CO)CCC3)cccc2c1. The standard InChI is InChI=1S/C15H18N2O3S/c1-11-8-12-4-2-5-13(14(12)16-9-11)21(19,20)17-15(10-18)6-3-7-15/h2,4-5,8-9,17-18H,3,6-7,10H2,1H3. The van der Waals surface area contributed by atoms with Crippen LogP contribution in [-0.2, 0) is 10.0 Å². The Hall–Kier alpha value is -1.50. The van der Waals surface area contributed by atoms with Crippen LogP contribution in [0, 0.1) is 6.92 Å². The van der Waals surface area contributed by atoms with Gasteiger partial charge in [0.25, 0.3) is 0 Å². The van der Waals surface area contributed by atoms with Crippen molar-refractivity contribution in [1.82, 2.24) is 9.71 Å². The van der Waals surface area contributed by atoms with E-state index in [-0.39, 0.29) is 11.5 Å². The number of aryl methyl sites for hydroxylation is 1. The highest BCUT2D eigenvalue weighted by molar-refractivity contribution is 7.89. The zero-order valence-electron chi connectivity index (χ0n) is 11.8. The molecule has 0 saturated heterocycles. The number of para-hydroxylation sites is 1. The lowest BCUT2D eigenvalue weighted by molar-refractivity contribution is 0.111. The lowest BCUT2D eigenvalue weighted by Gasteiger charge is -2.40. The van der Waals surface area contributed by atoms with Gasteiger partial charge in [0.2, 0.25) is 10.0 Å². The Morgan fingerprint density at radius 2 is 2.14 bits per heavy atom. The van der Waals surface area contributed by atoms with E-state index in [2.05, 4.69) is 9.71 Å². The van der Waals surface area contributed by atoms with Crippen molar-refractivity contribution in [3.05, 3.63) is 36.0 Å². The second-order valence-corrected chi connectivity index (χ2v) is 7.39. The number of hydrogen-bond acceptors (Lipinski definition) is 4. The second-order valence-electron chi connectivity index (χ2n) is 5.74. The van der Waals surface area contributed by atoms with Gasteiger partial charge in [-0.15, -0.1) is 0 Å². The normalized spacial score (nSPS) is 17.6. The summed E-state index contributed by atoms with van der Waals surface area (Å²) >= 11 is 0. The van der Waals surface area contributed by atoms with Gasteiger partial charge >= 0.3 is 0 Å². The molecule has 1 fully saturated rings. The summed E-state index contributed by atoms with van der Waals surface area (Å²) in [6.07, 6.45) is 3.92. The molecule has 0 unspecified atom stereocenters. The average molecular weight is 306 g/mol. The van der Waals surface area contributed by atoms with Crippen molar-refractivity contribution in [2.24, 2.45) is 0 Å². The molecule has 1 aromatic carbocycles. The van der Waals surface area contributed by atoms with Gasteiger partial charge in [0.1, 0.15) is 4.90 Å². The third-order valence-electron chi connectivity index (χ3n) is 4.06. The van der Waals surface area contributed by atoms with Gasteiger partial charge in [-0.05, 0) is 43.9 Å². The number of aliphatic hydroxyl groups is 1. The second kappa shape index (κ2) is 5.05. The van der Waals surface area contributed by atoms with Crippen molar-refractivity contribution in [1.29, 1.82) is 0 Å². The molecule has 0 atom stereocenters. The fourth-order valence-corrected chi connectivity index (χ4v) is 4.33. The van der Waals surface area contributed by atoms with Crippen LogP contribution in [-0.4, -0.2) is 30.7 Å². The third-order valence-corrected chi connectivity index (χ3v) is 5.67. The first-order chi connectivity index (χ1) is 9.96. The Kier molecular flexibility index (Phi) is 3.47. The van der Waals surface area contributed by atoms with Gasteiger partial charge in [0.05, 0.1) is 17.7 Å². The lowest BCUT2D eigenvalue weighted by atomic mass is 9.78. The molecule has 6 heteroatoms. The van der Waals surface area contributed by atoms with Crippen LogP contribution in [0.4, 0.5) is 0 Å². The van der Waals surface area contributed by atoms with E-state index in [0.717, 1.165) is 17.4 Å². The summed E-state index contributed by atoms with van der Waals surface area (Å²) in [5.74, 6) is 0. The predicted octanol–water partition coefficient (Wildman–Crippen LogP) is 1.74. The van der Waals surface area contributed by atoms with E-state index in [0.29, 0.717) is 18.4 Å². The van der Waals surface area contributed by atoms with Crippen LogP contribution in [0.5, 0.6) is 0 Å². The van der Waals surface area contributed by atoms with Crippen molar-refractivity contribution < 1.29 is 13.5 Å². The van der Waals surface area contributed by atoms with Gasteiger partial charge in [-0.1, -0.05) is 12.1 Å². The highest BCUT2D eigenvalue weighted by Gasteiger charge is 2.40. The number of pyridine rings is 1. The van der Waals surface area contributed by atoms with Crippen LogP contribution in [0.15, 0.2) is 35.4 Å². The van der Waals surface area contributed by atoms with Gasteiger partial charge in [-0.2, -0.15) is 0 Å². The van der Waals surface area contributed by atoms with E-state index in [1.54, 1.807) is 18.3 Å². The number of nitrogens with one attached hydrogen (secondary N) is 1.